The normalized spacial score (nSPS) is 11.3. The first-order chi connectivity index (χ1) is 7.81. The molecule has 5 nitrogen and oxygen atoms in total. The third-order valence-electron chi connectivity index (χ3n) is 2.63. The molecule has 3 aromatic rings. The van der Waals surface area contributed by atoms with Crippen LogP contribution in [0.2, 0.25) is 0 Å². The van der Waals surface area contributed by atoms with Crippen molar-refractivity contribution in [3.05, 3.63) is 37.2 Å². The van der Waals surface area contributed by atoms with E-state index >= 15 is 0 Å². The molecule has 0 aliphatic rings. The summed E-state index contributed by atoms with van der Waals surface area (Å²) in [5, 5.41) is 0. The van der Waals surface area contributed by atoms with Gasteiger partial charge in [-0.1, -0.05) is 6.08 Å². The Bertz CT molecular complexity index is 676. The molecule has 3 heterocycles. The number of imidazole rings is 2. The predicted octanol–water partition coefficient (Wildman–Crippen LogP) is 1.57. The molecule has 3 aromatic heterocycles. The summed E-state index contributed by atoms with van der Waals surface area (Å²) in [6.45, 7) is 6.41. The Morgan fingerprint density at radius 2 is 2.12 bits per heavy atom. The highest BCUT2D eigenvalue weighted by Crippen LogP contribution is 2.16. The van der Waals surface area contributed by atoms with Crippen LogP contribution in [0.3, 0.4) is 0 Å². The zero-order valence-electron chi connectivity index (χ0n) is 8.96. The number of rotatable bonds is 2. The van der Waals surface area contributed by atoms with E-state index in [0.717, 1.165) is 22.5 Å². The fourth-order valence-electron chi connectivity index (χ4n) is 1.82. The van der Waals surface area contributed by atoms with Crippen molar-refractivity contribution in [2.75, 3.05) is 0 Å². The number of nitrogens with zero attached hydrogens (tertiary/aromatic N) is 5. The fourth-order valence-corrected chi connectivity index (χ4v) is 1.82. The van der Waals surface area contributed by atoms with Gasteiger partial charge in [-0.25, -0.2) is 15.0 Å². The Hall–Kier alpha value is -2.17. The fraction of sp³-hybridized carbons (Fsp3) is 0.182. The molecule has 5 heteroatoms. The van der Waals surface area contributed by atoms with Crippen LogP contribution in [0, 0.1) is 6.92 Å². The highest BCUT2D eigenvalue weighted by Gasteiger charge is 2.09. The van der Waals surface area contributed by atoms with Gasteiger partial charge in [0.25, 0.3) is 0 Å². The summed E-state index contributed by atoms with van der Waals surface area (Å²) in [6.07, 6.45) is 7.19. The molecule has 0 atom stereocenters. The maximum atomic E-state index is 4.40. The summed E-state index contributed by atoms with van der Waals surface area (Å²) < 4.78 is 3.89. The van der Waals surface area contributed by atoms with Crippen molar-refractivity contribution in [2.45, 2.75) is 13.5 Å². The van der Waals surface area contributed by atoms with Gasteiger partial charge in [0, 0.05) is 18.4 Å². The average molecular weight is 213 g/mol. The van der Waals surface area contributed by atoms with Crippen LogP contribution in [0.4, 0.5) is 0 Å². The third kappa shape index (κ3) is 1.08. The van der Waals surface area contributed by atoms with Crippen molar-refractivity contribution in [3.63, 3.8) is 0 Å². The second-order valence-electron chi connectivity index (χ2n) is 3.70. The van der Waals surface area contributed by atoms with E-state index < -0.39 is 0 Å². The van der Waals surface area contributed by atoms with Gasteiger partial charge in [0.05, 0.1) is 6.33 Å². The first-order valence-corrected chi connectivity index (χ1v) is 5.05. The summed E-state index contributed by atoms with van der Waals surface area (Å²) in [5.41, 5.74) is 3.59. The van der Waals surface area contributed by atoms with Gasteiger partial charge in [0.1, 0.15) is 6.33 Å². The lowest BCUT2D eigenvalue weighted by molar-refractivity contribution is 0.837. The molecule has 0 bridgehead atoms. The van der Waals surface area contributed by atoms with E-state index in [1.807, 2.05) is 28.2 Å². The number of aryl methyl sites for hydroxylation is 1. The van der Waals surface area contributed by atoms with Gasteiger partial charge in [-0.3, -0.25) is 4.40 Å². The van der Waals surface area contributed by atoms with Crippen LogP contribution in [0.1, 0.15) is 5.69 Å². The van der Waals surface area contributed by atoms with Crippen molar-refractivity contribution in [1.29, 1.82) is 0 Å². The Labute approximate surface area is 92.1 Å². The number of hydrogen-bond acceptors (Lipinski definition) is 3. The summed E-state index contributed by atoms with van der Waals surface area (Å²) >= 11 is 0. The Kier molecular flexibility index (Phi) is 1.80. The minimum absolute atomic E-state index is 0.708. The molecule has 0 aliphatic heterocycles. The van der Waals surface area contributed by atoms with Gasteiger partial charge >= 0.3 is 0 Å². The second-order valence-corrected chi connectivity index (χ2v) is 3.70. The van der Waals surface area contributed by atoms with E-state index in [4.69, 9.17) is 0 Å². The zero-order chi connectivity index (χ0) is 11.1. The van der Waals surface area contributed by atoms with Crippen molar-refractivity contribution < 1.29 is 0 Å². The molecule has 0 aliphatic carbocycles. The Morgan fingerprint density at radius 3 is 2.94 bits per heavy atom. The minimum atomic E-state index is 0.708. The van der Waals surface area contributed by atoms with Crippen LogP contribution in [0.5, 0.6) is 0 Å². The van der Waals surface area contributed by atoms with E-state index in [0.29, 0.717) is 6.54 Å². The molecule has 0 N–H and O–H groups in total. The number of hydrogen-bond donors (Lipinski definition) is 0. The molecule has 0 radical (unpaired) electrons. The van der Waals surface area contributed by atoms with E-state index in [1.54, 1.807) is 12.7 Å². The highest BCUT2D eigenvalue weighted by molar-refractivity contribution is 5.85. The van der Waals surface area contributed by atoms with Crippen LogP contribution in [-0.2, 0) is 6.54 Å². The zero-order valence-corrected chi connectivity index (χ0v) is 8.96. The molecule has 0 saturated carbocycles. The summed E-state index contributed by atoms with van der Waals surface area (Å²) in [4.78, 5) is 13.1. The van der Waals surface area contributed by atoms with Crippen LogP contribution in [0.25, 0.3) is 16.8 Å². The smallest absolute Gasteiger partial charge is 0.168 e. The van der Waals surface area contributed by atoms with Crippen molar-refractivity contribution in [1.82, 2.24) is 23.9 Å². The van der Waals surface area contributed by atoms with Crippen LogP contribution in [0.15, 0.2) is 31.5 Å². The molecule has 0 saturated heterocycles. The first kappa shape index (κ1) is 9.08. The summed E-state index contributed by atoms with van der Waals surface area (Å²) in [7, 11) is 0. The average Bonchev–Trinajstić information content (AvgIpc) is 2.84. The Balaban J connectivity index is 2.40. The van der Waals surface area contributed by atoms with Crippen LogP contribution < -0.4 is 0 Å². The molecular weight excluding hydrogens is 202 g/mol. The molecule has 0 unspecified atom stereocenters. The standard InChI is InChI=1S/C11H11N5/c1-3-4-15-6-13-9-10(15)14-7-16-8(2)5-12-11(9)16/h3,5-7H,1,4H2,2H3. The van der Waals surface area contributed by atoms with E-state index in [2.05, 4.69) is 21.5 Å². The topological polar surface area (TPSA) is 48.0 Å². The predicted molar refractivity (Wildman–Crippen MR) is 61.2 cm³/mol. The molecule has 16 heavy (non-hydrogen) atoms. The van der Waals surface area contributed by atoms with Crippen molar-refractivity contribution in [2.24, 2.45) is 0 Å². The monoisotopic (exact) mass is 213 g/mol. The lowest BCUT2D eigenvalue weighted by Crippen LogP contribution is -1.96. The largest absolute Gasteiger partial charge is 0.311 e. The lowest BCUT2D eigenvalue weighted by Gasteiger charge is -1.99. The molecule has 0 spiro atoms. The van der Waals surface area contributed by atoms with E-state index in [-0.39, 0.29) is 0 Å². The minimum Gasteiger partial charge on any atom is -0.311 e. The molecule has 0 aromatic carbocycles. The molecular formula is C11H11N5. The second kappa shape index (κ2) is 3.16. The maximum Gasteiger partial charge on any atom is 0.168 e. The van der Waals surface area contributed by atoms with Crippen molar-refractivity contribution >= 4 is 16.8 Å². The molecule has 3 rings (SSSR count). The van der Waals surface area contributed by atoms with Crippen LogP contribution in [-0.4, -0.2) is 23.9 Å². The van der Waals surface area contributed by atoms with Gasteiger partial charge in [0.15, 0.2) is 16.8 Å². The highest BCUT2D eigenvalue weighted by atomic mass is 15.1. The molecule has 0 amide bonds. The third-order valence-corrected chi connectivity index (χ3v) is 2.63. The van der Waals surface area contributed by atoms with Gasteiger partial charge in [0.2, 0.25) is 0 Å². The quantitative estimate of drug-likeness (QED) is 0.607. The van der Waals surface area contributed by atoms with Gasteiger partial charge in [-0.05, 0) is 6.92 Å². The Morgan fingerprint density at radius 1 is 1.25 bits per heavy atom. The number of aromatic nitrogens is 5. The number of fused-ring (bicyclic) bond motifs is 3. The van der Waals surface area contributed by atoms with E-state index in [1.165, 1.54) is 0 Å². The van der Waals surface area contributed by atoms with Gasteiger partial charge < -0.3 is 4.57 Å². The SMILES string of the molecule is C=CCn1cnc2c1ncn1c(C)cnc21. The maximum absolute atomic E-state index is 4.40. The lowest BCUT2D eigenvalue weighted by atomic mass is 10.5. The van der Waals surface area contributed by atoms with Crippen molar-refractivity contribution in [3.8, 4) is 0 Å². The van der Waals surface area contributed by atoms with Gasteiger partial charge in [-0.15, -0.1) is 6.58 Å². The number of allylic oxidation sites excluding steroid dienone is 1. The molecule has 80 valence electrons. The van der Waals surface area contributed by atoms with Crippen LogP contribution >= 0.6 is 0 Å². The van der Waals surface area contributed by atoms with Gasteiger partial charge in [-0.2, -0.15) is 0 Å². The summed E-state index contributed by atoms with van der Waals surface area (Å²) in [6, 6.07) is 0. The van der Waals surface area contributed by atoms with E-state index in [9.17, 15) is 0 Å². The summed E-state index contributed by atoms with van der Waals surface area (Å²) in [5.74, 6) is 0. The first-order valence-electron chi connectivity index (χ1n) is 5.05. The molecule has 0 fully saturated rings.